The third-order valence-electron chi connectivity index (χ3n) is 9.89. The summed E-state index contributed by atoms with van der Waals surface area (Å²) < 4.78 is 49.9. The van der Waals surface area contributed by atoms with Crippen LogP contribution in [-0.4, -0.2) is 132 Å². The van der Waals surface area contributed by atoms with Crippen LogP contribution < -0.4 is 0 Å². The molecule has 0 aliphatic carbocycles. The van der Waals surface area contributed by atoms with Gasteiger partial charge in [0, 0.05) is 51.3 Å². The van der Waals surface area contributed by atoms with Crippen molar-refractivity contribution in [2.45, 2.75) is 142 Å². The minimum Gasteiger partial charge on any atom is -0.481 e. The highest BCUT2D eigenvalue weighted by Crippen LogP contribution is 2.55. The molecule has 0 heterocycles. The lowest BCUT2D eigenvalue weighted by atomic mass is 9.78. The molecule has 2 N–H and O–H groups in total. The van der Waals surface area contributed by atoms with Gasteiger partial charge in [0.25, 0.3) is 0 Å². The molecule has 1 aromatic carbocycles. The highest BCUT2D eigenvalue weighted by Gasteiger charge is 2.35. The average molecular weight is 865 g/mol. The fourth-order valence-corrected chi connectivity index (χ4v) is 6.51. The minimum absolute atomic E-state index is 0.00829. The maximum Gasteiger partial charge on any atom is 0.337 e. The van der Waals surface area contributed by atoms with E-state index in [0.29, 0.717) is 32.7 Å². The van der Waals surface area contributed by atoms with Crippen LogP contribution in [-0.2, 0) is 63.5 Å². The van der Waals surface area contributed by atoms with Crippen LogP contribution in [0.5, 0.6) is 0 Å². The predicted octanol–water partition coefficient (Wildman–Crippen LogP) is 8.47. The third-order valence-corrected chi connectivity index (χ3v) is 13.6. The number of hydrogen-bond donors (Lipinski definition) is 2. The van der Waals surface area contributed by atoms with Crippen LogP contribution in [0.3, 0.4) is 0 Å². The van der Waals surface area contributed by atoms with E-state index in [4.69, 9.17) is 47.2 Å². The second-order valence-corrected chi connectivity index (χ2v) is 19.9. The number of rotatable bonds is 29. The molecule has 0 amide bonds. The molecule has 0 fully saturated rings. The van der Waals surface area contributed by atoms with Gasteiger partial charge in [0.05, 0.1) is 39.1 Å². The minimum atomic E-state index is -1.46. The lowest BCUT2D eigenvalue weighted by Crippen LogP contribution is -2.41. The lowest BCUT2D eigenvalue weighted by molar-refractivity contribution is -0.187. The molecule has 59 heavy (non-hydrogen) atoms. The molecule has 348 valence electrons. The summed E-state index contributed by atoms with van der Waals surface area (Å²) in [5.74, 6) is -1.13. The van der Waals surface area contributed by atoms with Crippen molar-refractivity contribution in [3.8, 4) is 0 Å². The maximum atomic E-state index is 12.6. The van der Waals surface area contributed by atoms with Crippen molar-refractivity contribution in [3.05, 3.63) is 47.0 Å². The first-order valence-corrected chi connectivity index (χ1v) is 23.1. The van der Waals surface area contributed by atoms with Crippen molar-refractivity contribution < 1.29 is 61.9 Å². The fourth-order valence-electron chi connectivity index (χ4n) is 5.36. The number of hydrogen-bond acceptors (Lipinski definition) is 12. The second-order valence-electron chi connectivity index (χ2n) is 16.0. The Balaban J connectivity index is 0. The first-order chi connectivity index (χ1) is 27.7. The predicted molar refractivity (Wildman–Crippen MR) is 238 cm³/mol. The number of carbonyl (C=O) groups excluding carboxylic acids is 1. The summed E-state index contributed by atoms with van der Waals surface area (Å²) in [5.41, 5.74) is 2.84. The van der Waals surface area contributed by atoms with E-state index >= 15 is 0 Å². The second kappa shape index (κ2) is 32.6. The SMILES string of the molecule is CC.CCC(/C=C(/C)C(O)CC(CCC(C)(C)c1cccc(CC(OCOC)C(OCOC)C(=O)OC)c1)OS(C)(C)C(C)(C)C)COCOCCOC.CCC(=O)O. The monoisotopic (exact) mass is 865 g/mol. The summed E-state index contributed by atoms with van der Waals surface area (Å²) in [4.78, 5) is 22.0. The van der Waals surface area contributed by atoms with Gasteiger partial charge < -0.3 is 52.3 Å². The summed E-state index contributed by atoms with van der Waals surface area (Å²) in [6.07, 6.45) is 7.70. The van der Waals surface area contributed by atoms with Gasteiger partial charge in [-0.25, -0.2) is 4.79 Å². The Kier molecular flexibility index (Phi) is 32.6. The van der Waals surface area contributed by atoms with Crippen molar-refractivity contribution in [2.75, 3.05) is 81.2 Å². The Hall–Kier alpha value is -2.11. The van der Waals surface area contributed by atoms with Crippen molar-refractivity contribution >= 4 is 22.2 Å². The zero-order valence-corrected chi connectivity index (χ0v) is 40.4. The molecule has 0 aliphatic heterocycles. The van der Waals surface area contributed by atoms with Gasteiger partial charge >= 0.3 is 11.9 Å². The number of carboxylic acid groups (broad SMARTS) is 1. The molecular formula is C45H84O13S. The third kappa shape index (κ3) is 25.4. The number of esters is 1. The molecule has 14 heteroatoms. The topological polar surface area (TPSA) is 158 Å². The highest BCUT2D eigenvalue weighted by atomic mass is 32.3. The fraction of sp³-hybridized carbons (Fsp3) is 0.778. The van der Waals surface area contributed by atoms with Crippen molar-refractivity contribution in [1.82, 2.24) is 0 Å². The smallest absolute Gasteiger partial charge is 0.337 e. The Morgan fingerprint density at radius 3 is 2.02 bits per heavy atom. The summed E-state index contributed by atoms with van der Waals surface area (Å²) in [6.45, 7) is 22.5. The van der Waals surface area contributed by atoms with E-state index < -0.39 is 40.6 Å². The van der Waals surface area contributed by atoms with Crippen LogP contribution in [0.4, 0.5) is 0 Å². The normalized spacial score (nSPS) is 15.1. The van der Waals surface area contributed by atoms with E-state index in [1.165, 1.54) is 21.3 Å². The number of ether oxygens (including phenoxy) is 8. The van der Waals surface area contributed by atoms with Crippen LogP contribution in [0.15, 0.2) is 35.9 Å². The number of carboxylic acids is 1. The van der Waals surface area contributed by atoms with Gasteiger partial charge in [-0.15, -0.1) is 10.3 Å². The van der Waals surface area contributed by atoms with Crippen molar-refractivity contribution in [1.29, 1.82) is 0 Å². The zero-order chi connectivity index (χ0) is 45.7. The summed E-state index contributed by atoms with van der Waals surface area (Å²) >= 11 is 0. The van der Waals surface area contributed by atoms with Gasteiger partial charge in [-0.1, -0.05) is 92.7 Å². The lowest BCUT2D eigenvalue weighted by Gasteiger charge is -2.46. The van der Waals surface area contributed by atoms with Gasteiger partial charge in [-0.3, -0.25) is 4.79 Å². The molecule has 1 rings (SSSR count). The van der Waals surface area contributed by atoms with Gasteiger partial charge in [-0.2, -0.15) is 0 Å². The van der Waals surface area contributed by atoms with E-state index in [2.05, 4.69) is 72.3 Å². The van der Waals surface area contributed by atoms with Crippen LogP contribution in [0, 0.1) is 5.92 Å². The Labute approximate surface area is 359 Å². The van der Waals surface area contributed by atoms with Crippen LogP contribution >= 0.6 is 10.3 Å². The van der Waals surface area contributed by atoms with E-state index in [9.17, 15) is 14.7 Å². The van der Waals surface area contributed by atoms with E-state index in [1.807, 2.05) is 32.9 Å². The first-order valence-electron chi connectivity index (χ1n) is 20.7. The van der Waals surface area contributed by atoms with Crippen LogP contribution in [0.1, 0.15) is 112 Å². The molecule has 0 aromatic heterocycles. The molecule has 0 aliphatic rings. The zero-order valence-electron chi connectivity index (χ0n) is 39.6. The number of carbonyl (C=O) groups is 2. The van der Waals surface area contributed by atoms with Gasteiger partial charge in [-0.05, 0) is 60.8 Å². The molecular weight excluding hydrogens is 781 g/mol. The largest absolute Gasteiger partial charge is 0.481 e. The van der Waals surface area contributed by atoms with Gasteiger partial charge in [0.15, 0.2) is 6.10 Å². The quantitative estimate of drug-likeness (QED) is 0.0342. The molecule has 0 radical (unpaired) electrons. The summed E-state index contributed by atoms with van der Waals surface area (Å²) in [6, 6.07) is 8.33. The van der Waals surface area contributed by atoms with E-state index in [-0.39, 0.29) is 49.0 Å². The molecule has 0 spiro atoms. The molecule has 1 aromatic rings. The standard InChI is InChI=1S/C40H72O11S.C3H6O2.C2H6/c1-14-31(26-48-29-47-21-20-43-8)22-30(2)35(41)25-34(51-52(12,13)39(3,4)5)18-19-40(6,7)33-17-15-16-32(23-33)24-36(49-27-44-9)37(38(42)46-11)50-28-45-10;1-2-3(4)5;1-2/h15-17,22-23,31,34-37,41H,14,18-21,24-29H2,1-13H3;2H2,1H3,(H,4,5);1-2H3/b30-22-;;. The van der Waals surface area contributed by atoms with Crippen molar-refractivity contribution in [2.24, 2.45) is 5.92 Å². The molecule has 5 atom stereocenters. The summed E-state index contributed by atoms with van der Waals surface area (Å²) in [7, 11) is 4.52. The maximum absolute atomic E-state index is 12.6. The van der Waals surface area contributed by atoms with E-state index in [1.54, 1.807) is 14.0 Å². The number of methoxy groups -OCH3 is 4. The number of aliphatic hydroxyl groups excluding tert-OH is 1. The average Bonchev–Trinajstić information content (AvgIpc) is 3.20. The van der Waals surface area contributed by atoms with Crippen LogP contribution in [0.2, 0.25) is 0 Å². The summed E-state index contributed by atoms with van der Waals surface area (Å²) in [5, 5.41) is 19.2. The van der Waals surface area contributed by atoms with Crippen molar-refractivity contribution in [3.63, 3.8) is 0 Å². The molecule has 0 bridgehead atoms. The first kappa shape index (κ1) is 59.0. The van der Waals surface area contributed by atoms with E-state index in [0.717, 1.165) is 36.0 Å². The highest BCUT2D eigenvalue weighted by molar-refractivity contribution is 8.29. The number of aliphatic hydroxyl groups is 1. The molecule has 13 nitrogen and oxygen atoms in total. The van der Waals surface area contributed by atoms with Crippen LogP contribution in [0.25, 0.3) is 0 Å². The number of benzene rings is 1. The Bertz CT molecular complexity index is 1260. The Morgan fingerprint density at radius 2 is 1.49 bits per heavy atom. The Morgan fingerprint density at radius 1 is 0.881 bits per heavy atom. The molecule has 0 saturated heterocycles. The number of aliphatic carboxylic acids is 1. The van der Waals surface area contributed by atoms with Gasteiger partial charge in [0.1, 0.15) is 26.5 Å². The molecule has 5 unspecified atom stereocenters. The van der Waals surface area contributed by atoms with Gasteiger partial charge in [0.2, 0.25) is 0 Å². The molecule has 0 saturated carbocycles.